The van der Waals surface area contributed by atoms with Crippen LogP contribution in [0.15, 0.2) is 41.5 Å². The van der Waals surface area contributed by atoms with Gasteiger partial charge >= 0.3 is 6.18 Å². The molecule has 2 fully saturated rings. The van der Waals surface area contributed by atoms with Gasteiger partial charge in [-0.2, -0.15) is 23.5 Å². The number of rotatable bonds is 4. The number of benzene rings is 1. The van der Waals surface area contributed by atoms with Gasteiger partial charge in [-0.1, -0.05) is 12.1 Å². The standard InChI is InChI=1S/C26H23F3N8O2/c1-14-11-36(13-19(39-14)17-10-31-37(12-17)18-7-8-18)25-33-20(16-5-3-15(9-30)4-6-16)21-22(34-25)23(38)35(2)24(32-21)26(27,28)29/h3-6,10,12,14,18-19H,7-8,11,13H2,1-2H3. The van der Waals surface area contributed by atoms with Crippen LogP contribution in [-0.2, 0) is 18.0 Å². The summed E-state index contributed by atoms with van der Waals surface area (Å²) in [6, 6.07) is 8.61. The minimum Gasteiger partial charge on any atom is -0.367 e. The number of anilines is 1. The predicted molar refractivity (Wildman–Crippen MR) is 134 cm³/mol. The monoisotopic (exact) mass is 536 g/mol. The number of fused-ring (bicyclic) bond motifs is 1. The average Bonchev–Trinajstić information content (AvgIpc) is 3.65. The number of hydrogen-bond donors (Lipinski definition) is 0. The molecule has 13 heteroatoms. The van der Waals surface area contributed by atoms with Crippen molar-refractivity contribution in [1.29, 1.82) is 5.26 Å². The molecule has 4 aromatic rings. The summed E-state index contributed by atoms with van der Waals surface area (Å²) in [5, 5.41) is 13.6. The lowest BCUT2D eigenvalue weighted by Crippen LogP contribution is -2.44. The van der Waals surface area contributed by atoms with Gasteiger partial charge in [0, 0.05) is 30.9 Å². The van der Waals surface area contributed by atoms with Crippen molar-refractivity contribution in [1.82, 2.24) is 29.3 Å². The van der Waals surface area contributed by atoms with E-state index in [1.807, 2.05) is 28.8 Å². The number of morpholine rings is 1. The fraction of sp³-hybridized carbons (Fsp3) is 0.385. The third-order valence-corrected chi connectivity index (χ3v) is 6.91. The lowest BCUT2D eigenvalue weighted by Gasteiger charge is -2.36. The number of nitrogens with zero attached hydrogens (tertiary/aromatic N) is 8. The molecule has 1 aliphatic carbocycles. The third kappa shape index (κ3) is 4.61. The van der Waals surface area contributed by atoms with Crippen molar-refractivity contribution < 1.29 is 17.9 Å². The molecule has 39 heavy (non-hydrogen) atoms. The Balaban J connectivity index is 1.48. The Kier molecular flexibility index (Phi) is 5.87. The van der Waals surface area contributed by atoms with E-state index in [0.717, 1.165) is 25.5 Å². The summed E-state index contributed by atoms with van der Waals surface area (Å²) in [6.45, 7) is 2.66. The van der Waals surface area contributed by atoms with E-state index < -0.39 is 17.6 Å². The molecule has 10 nitrogen and oxygen atoms in total. The van der Waals surface area contributed by atoms with Gasteiger partial charge in [-0.05, 0) is 31.9 Å². The van der Waals surface area contributed by atoms with Crippen molar-refractivity contribution in [2.45, 2.75) is 44.2 Å². The molecular weight excluding hydrogens is 513 g/mol. The van der Waals surface area contributed by atoms with Crippen molar-refractivity contribution in [3.05, 3.63) is 64.0 Å². The normalized spacial score (nSPS) is 19.8. The van der Waals surface area contributed by atoms with Crippen molar-refractivity contribution in [3.8, 4) is 17.3 Å². The summed E-state index contributed by atoms with van der Waals surface area (Å²) in [5.41, 5.74) is 0.316. The highest BCUT2D eigenvalue weighted by Gasteiger charge is 2.38. The number of ether oxygens (including phenoxy) is 1. The highest BCUT2D eigenvalue weighted by molar-refractivity contribution is 5.89. The fourth-order valence-corrected chi connectivity index (χ4v) is 4.79. The summed E-state index contributed by atoms with van der Waals surface area (Å²) in [5.74, 6) is -1.17. The van der Waals surface area contributed by atoms with E-state index in [-0.39, 0.29) is 34.9 Å². The van der Waals surface area contributed by atoms with Gasteiger partial charge in [0.2, 0.25) is 11.8 Å². The predicted octanol–water partition coefficient (Wildman–Crippen LogP) is 3.78. The van der Waals surface area contributed by atoms with Crippen LogP contribution in [0.1, 0.15) is 48.9 Å². The molecule has 2 unspecified atom stereocenters. The van der Waals surface area contributed by atoms with Gasteiger partial charge in [0.15, 0.2) is 5.52 Å². The van der Waals surface area contributed by atoms with Crippen molar-refractivity contribution >= 4 is 17.0 Å². The molecule has 0 bridgehead atoms. The van der Waals surface area contributed by atoms with Crippen LogP contribution in [-0.4, -0.2) is 48.5 Å². The van der Waals surface area contributed by atoms with Gasteiger partial charge in [0.25, 0.3) is 5.56 Å². The summed E-state index contributed by atoms with van der Waals surface area (Å²) in [6.07, 6.45) is 0.516. The topological polar surface area (TPSA) is 115 Å². The molecule has 2 aliphatic rings. The SMILES string of the molecule is CC1CN(c2nc(-c3ccc(C#N)cc3)c3nc(C(F)(F)F)n(C)c(=O)c3n2)CC(c2cnn(C3CC3)c2)O1. The highest BCUT2D eigenvalue weighted by Crippen LogP contribution is 2.36. The maximum absolute atomic E-state index is 13.7. The van der Waals surface area contributed by atoms with Crippen LogP contribution in [0.5, 0.6) is 0 Å². The first-order valence-corrected chi connectivity index (χ1v) is 12.4. The largest absolute Gasteiger partial charge is 0.449 e. The molecule has 1 aromatic carbocycles. The number of halogens is 3. The van der Waals surface area contributed by atoms with Crippen LogP contribution >= 0.6 is 0 Å². The fourth-order valence-electron chi connectivity index (χ4n) is 4.79. The minimum absolute atomic E-state index is 0.0694. The first-order chi connectivity index (χ1) is 18.6. The van der Waals surface area contributed by atoms with E-state index in [9.17, 15) is 23.2 Å². The van der Waals surface area contributed by atoms with E-state index in [0.29, 0.717) is 34.8 Å². The molecule has 3 aromatic heterocycles. The van der Waals surface area contributed by atoms with Crippen LogP contribution in [0.3, 0.4) is 0 Å². The van der Waals surface area contributed by atoms with Crippen LogP contribution in [0.4, 0.5) is 19.1 Å². The second-order valence-electron chi connectivity index (χ2n) is 9.88. The Morgan fingerprint density at radius 1 is 1.08 bits per heavy atom. The Morgan fingerprint density at radius 2 is 1.82 bits per heavy atom. The molecule has 0 radical (unpaired) electrons. The lowest BCUT2D eigenvalue weighted by atomic mass is 10.1. The molecule has 1 saturated heterocycles. The lowest BCUT2D eigenvalue weighted by molar-refractivity contribution is -0.147. The second-order valence-corrected chi connectivity index (χ2v) is 9.88. The Bertz CT molecular complexity index is 1670. The quantitative estimate of drug-likeness (QED) is 0.387. The Labute approximate surface area is 220 Å². The van der Waals surface area contributed by atoms with Crippen LogP contribution in [0.25, 0.3) is 22.3 Å². The van der Waals surface area contributed by atoms with Gasteiger partial charge in [0.05, 0.1) is 36.5 Å². The van der Waals surface area contributed by atoms with Crippen molar-refractivity contribution in [2.24, 2.45) is 7.05 Å². The molecule has 0 amide bonds. The first-order valence-electron chi connectivity index (χ1n) is 12.4. The maximum Gasteiger partial charge on any atom is 0.449 e. The second kappa shape index (κ2) is 9.16. The third-order valence-electron chi connectivity index (χ3n) is 6.91. The average molecular weight is 537 g/mol. The maximum atomic E-state index is 13.7. The number of aromatic nitrogens is 6. The van der Waals surface area contributed by atoms with Gasteiger partial charge in [-0.25, -0.2) is 15.0 Å². The zero-order valence-corrected chi connectivity index (χ0v) is 21.1. The summed E-state index contributed by atoms with van der Waals surface area (Å²) < 4.78 is 49.8. The van der Waals surface area contributed by atoms with Crippen molar-refractivity contribution in [3.63, 3.8) is 0 Å². The summed E-state index contributed by atoms with van der Waals surface area (Å²) >= 11 is 0. The molecule has 6 rings (SSSR count). The molecular formula is C26H23F3N8O2. The van der Waals surface area contributed by atoms with E-state index in [4.69, 9.17) is 4.74 Å². The van der Waals surface area contributed by atoms with E-state index >= 15 is 0 Å². The zero-order chi connectivity index (χ0) is 27.5. The molecule has 0 spiro atoms. The molecule has 1 aliphatic heterocycles. The molecule has 4 heterocycles. The minimum atomic E-state index is -4.86. The van der Waals surface area contributed by atoms with Crippen LogP contribution in [0, 0.1) is 11.3 Å². The summed E-state index contributed by atoms with van der Waals surface area (Å²) in [7, 11) is 1.02. The number of nitriles is 1. The van der Waals surface area contributed by atoms with Gasteiger partial charge in [-0.3, -0.25) is 14.0 Å². The molecule has 200 valence electrons. The first kappa shape index (κ1) is 25.0. The zero-order valence-electron chi connectivity index (χ0n) is 21.1. The van der Waals surface area contributed by atoms with E-state index in [2.05, 4.69) is 20.1 Å². The number of hydrogen-bond acceptors (Lipinski definition) is 8. The highest BCUT2D eigenvalue weighted by atomic mass is 19.4. The van der Waals surface area contributed by atoms with Crippen LogP contribution in [0.2, 0.25) is 0 Å². The van der Waals surface area contributed by atoms with E-state index in [1.54, 1.807) is 18.3 Å². The van der Waals surface area contributed by atoms with Gasteiger partial charge in [-0.15, -0.1) is 0 Å². The smallest absolute Gasteiger partial charge is 0.367 e. The Morgan fingerprint density at radius 3 is 2.49 bits per heavy atom. The molecule has 0 N–H and O–H groups in total. The van der Waals surface area contributed by atoms with Crippen LogP contribution < -0.4 is 10.5 Å². The van der Waals surface area contributed by atoms with E-state index in [1.165, 1.54) is 12.1 Å². The summed E-state index contributed by atoms with van der Waals surface area (Å²) in [4.78, 5) is 27.9. The Hall–Kier alpha value is -4.31. The van der Waals surface area contributed by atoms with Gasteiger partial charge < -0.3 is 9.64 Å². The molecule has 1 saturated carbocycles. The number of alkyl halides is 3. The van der Waals surface area contributed by atoms with Crippen molar-refractivity contribution in [2.75, 3.05) is 18.0 Å². The molecule has 2 atom stereocenters. The van der Waals surface area contributed by atoms with Gasteiger partial charge in [0.1, 0.15) is 17.3 Å².